The molecule has 0 N–H and O–H groups in total. The molecule has 0 amide bonds. The maximum Gasteiger partial charge on any atom is 0.124 e. The predicted octanol–water partition coefficient (Wildman–Crippen LogP) is 1.32. The molecule has 80 valence electrons. The summed E-state index contributed by atoms with van der Waals surface area (Å²) in [5.41, 5.74) is 1.79. The van der Waals surface area contributed by atoms with E-state index in [1.165, 1.54) is 0 Å². The average molecular weight is 206 g/mol. The van der Waals surface area contributed by atoms with Gasteiger partial charge in [-0.1, -0.05) is 6.07 Å². The molecule has 0 aliphatic carbocycles. The largest absolute Gasteiger partial charge is 0.758 e. The minimum absolute atomic E-state index is 0.255. The number of fused-ring (bicyclic) bond motifs is 1. The van der Waals surface area contributed by atoms with Crippen LogP contribution in [0.2, 0.25) is 0 Å². The standard InChI is InChI=1S/C11H12NO3/c13-12-5-4-9-10(12)2-1-3-11(9)15-7-8-6-14-8/h1-3,8H,4-7H2/q-1. The molecule has 4 heteroatoms. The van der Waals surface area contributed by atoms with Crippen molar-refractivity contribution >= 4 is 5.69 Å². The summed E-state index contributed by atoms with van der Waals surface area (Å²) < 4.78 is 10.7. The highest BCUT2D eigenvalue weighted by Crippen LogP contribution is 2.34. The lowest BCUT2D eigenvalue weighted by atomic mass is 10.1. The number of nitrogens with zero attached hydrogens (tertiary/aromatic N) is 1. The van der Waals surface area contributed by atoms with E-state index in [-0.39, 0.29) is 6.10 Å². The molecule has 2 aliphatic heterocycles. The lowest BCUT2D eigenvalue weighted by Gasteiger charge is -2.24. The van der Waals surface area contributed by atoms with Gasteiger partial charge in [-0.3, -0.25) is 0 Å². The number of hydrogen-bond acceptors (Lipinski definition) is 4. The first-order valence-electron chi connectivity index (χ1n) is 5.15. The van der Waals surface area contributed by atoms with Crippen molar-refractivity contribution in [3.05, 3.63) is 29.0 Å². The Morgan fingerprint density at radius 2 is 2.40 bits per heavy atom. The van der Waals surface area contributed by atoms with Gasteiger partial charge in [-0.2, -0.15) is 0 Å². The van der Waals surface area contributed by atoms with E-state index in [9.17, 15) is 5.21 Å². The molecule has 0 saturated carbocycles. The van der Waals surface area contributed by atoms with Gasteiger partial charge >= 0.3 is 0 Å². The minimum Gasteiger partial charge on any atom is -0.758 e. The van der Waals surface area contributed by atoms with Crippen molar-refractivity contribution in [3.63, 3.8) is 0 Å². The molecule has 2 aliphatic rings. The molecule has 0 radical (unpaired) electrons. The Kier molecular flexibility index (Phi) is 2.04. The second-order valence-electron chi connectivity index (χ2n) is 3.87. The number of rotatable bonds is 3. The fraction of sp³-hybridized carbons (Fsp3) is 0.455. The number of anilines is 1. The van der Waals surface area contributed by atoms with Crippen LogP contribution in [0.5, 0.6) is 5.75 Å². The molecule has 2 heterocycles. The third-order valence-electron chi connectivity index (χ3n) is 2.77. The summed E-state index contributed by atoms with van der Waals surface area (Å²) in [7, 11) is 0. The molecule has 15 heavy (non-hydrogen) atoms. The van der Waals surface area contributed by atoms with Gasteiger partial charge in [0, 0.05) is 17.8 Å². The maximum atomic E-state index is 11.4. The fourth-order valence-electron chi connectivity index (χ4n) is 1.86. The van der Waals surface area contributed by atoms with Crippen LogP contribution in [0, 0.1) is 5.21 Å². The Bertz CT molecular complexity index is 376. The molecular formula is C11H12NO3-. The van der Waals surface area contributed by atoms with Crippen LogP contribution in [0.25, 0.3) is 0 Å². The van der Waals surface area contributed by atoms with Crippen LogP contribution in [-0.2, 0) is 11.2 Å². The molecule has 4 nitrogen and oxygen atoms in total. The number of hydroxylamine groups is 1. The van der Waals surface area contributed by atoms with E-state index in [4.69, 9.17) is 9.47 Å². The van der Waals surface area contributed by atoms with Crippen LogP contribution in [-0.4, -0.2) is 25.9 Å². The summed E-state index contributed by atoms with van der Waals surface area (Å²) >= 11 is 0. The van der Waals surface area contributed by atoms with Crippen LogP contribution in [0.3, 0.4) is 0 Å². The molecule has 1 fully saturated rings. The first-order chi connectivity index (χ1) is 7.34. The molecule has 0 aromatic heterocycles. The molecule has 0 spiro atoms. The fourth-order valence-corrected chi connectivity index (χ4v) is 1.86. The van der Waals surface area contributed by atoms with Crippen molar-refractivity contribution in [2.45, 2.75) is 12.5 Å². The van der Waals surface area contributed by atoms with Gasteiger partial charge in [-0.25, -0.2) is 0 Å². The van der Waals surface area contributed by atoms with Gasteiger partial charge in [0.05, 0.1) is 6.61 Å². The molecule has 3 rings (SSSR count). The normalized spacial score (nSPS) is 22.7. The topological polar surface area (TPSA) is 48.1 Å². The van der Waals surface area contributed by atoms with E-state index in [1.54, 1.807) is 0 Å². The number of ether oxygens (including phenoxy) is 2. The van der Waals surface area contributed by atoms with E-state index >= 15 is 0 Å². The second-order valence-corrected chi connectivity index (χ2v) is 3.87. The van der Waals surface area contributed by atoms with Crippen LogP contribution in [0.1, 0.15) is 5.56 Å². The van der Waals surface area contributed by atoms with Crippen LogP contribution >= 0.6 is 0 Å². The first-order valence-corrected chi connectivity index (χ1v) is 5.15. The van der Waals surface area contributed by atoms with E-state index in [0.29, 0.717) is 13.2 Å². The molecule has 1 aromatic rings. The van der Waals surface area contributed by atoms with Crippen molar-refractivity contribution in [2.24, 2.45) is 0 Å². The van der Waals surface area contributed by atoms with Crippen molar-refractivity contribution < 1.29 is 9.47 Å². The zero-order valence-corrected chi connectivity index (χ0v) is 8.31. The molecular weight excluding hydrogens is 194 g/mol. The third-order valence-corrected chi connectivity index (χ3v) is 2.77. The van der Waals surface area contributed by atoms with Crippen LogP contribution in [0.15, 0.2) is 18.2 Å². The third kappa shape index (κ3) is 1.66. The summed E-state index contributed by atoms with van der Waals surface area (Å²) in [5, 5.41) is 12.4. The van der Waals surface area contributed by atoms with Crippen molar-refractivity contribution in [1.82, 2.24) is 0 Å². The van der Waals surface area contributed by atoms with Crippen molar-refractivity contribution in [2.75, 3.05) is 24.8 Å². The van der Waals surface area contributed by atoms with Crippen LogP contribution in [0.4, 0.5) is 5.69 Å². The number of epoxide rings is 1. The van der Waals surface area contributed by atoms with E-state index < -0.39 is 0 Å². The monoisotopic (exact) mass is 206 g/mol. The predicted molar refractivity (Wildman–Crippen MR) is 56.1 cm³/mol. The van der Waals surface area contributed by atoms with Gasteiger partial charge in [-0.05, 0) is 18.6 Å². The molecule has 1 aromatic carbocycles. The smallest absolute Gasteiger partial charge is 0.124 e. The summed E-state index contributed by atoms with van der Waals surface area (Å²) in [6.45, 7) is 1.92. The Morgan fingerprint density at radius 3 is 3.20 bits per heavy atom. The molecule has 1 saturated heterocycles. The van der Waals surface area contributed by atoms with E-state index in [0.717, 1.165) is 35.1 Å². The highest BCUT2D eigenvalue weighted by atomic mass is 16.6. The lowest BCUT2D eigenvalue weighted by Crippen LogP contribution is -2.09. The molecule has 0 bridgehead atoms. The second kappa shape index (κ2) is 3.40. The Hall–Kier alpha value is -1.26. The quantitative estimate of drug-likeness (QED) is 0.700. The van der Waals surface area contributed by atoms with Gasteiger partial charge < -0.3 is 19.7 Å². The van der Waals surface area contributed by atoms with Crippen molar-refractivity contribution in [3.8, 4) is 5.75 Å². The zero-order valence-electron chi connectivity index (χ0n) is 8.31. The van der Waals surface area contributed by atoms with Gasteiger partial charge in [0.15, 0.2) is 0 Å². The highest BCUT2D eigenvalue weighted by Gasteiger charge is 2.24. The van der Waals surface area contributed by atoms with Crippen LogP contribution < -0.4 is 9.80 Å². The summed E-state index contributed by atoms with van der Waals surface area (Å²) in [6, 6.07) is 5.62. The lowest BCUT2D eigenvalue weighted by molar-refractivity contribution is 0.261. The summed E-state index contributed by atoms with van der Waals surface area (Å²) in [4.78, 5) is 0. The van der Waals surface area contributed by atoms with Crippen molar-refractivity contribution in [1.29, 1.82) is 0 Å². The Labute approximate surface area is 88.0 Å². The minimum atomic E-state index is 0.255. The molecule has 1 unspecified atom stereocenters. The summed E-state index contributed by atoms with van der Waals surface area (Å²) in [5.74, 6) is 0.835. The highest BCUT2D eigenvalue weighted by molar-refractivity contribution is 5.63. The molecule has 1 atom stereocenters. The van der Waals surface area contributed by atoms with Gasteiger partial charge in [0.2, 0.25) is 0 Å². The Morgan fingerprint density at radius 1 is 1.53 bits per heavy atom. The summed E-state index contributed by atoms with van der Waals surface area (Å²) in [6.07, 6.45) is 1.03. The number of hydrogen-bond donors (Lipinski definition) is 0. The number of benzene rings is 1. The zero-order chi connectivity index (χ0) is 10.3. The average Bonchev–Trinajstić information content (AvgIpc) is 3.01. The van der Waals surface area contributed by atoms with Gasteiger partial charge in [0.1, 0.15) is 18.5 Å². The van der Waals surface area contributed by atoms with E-state index in [1.807, 2.05) is 18.2 Å². The maximum absolute atomic E-state index is 11.4. The Balaban J connectivity index is 1.81. The van der Waals surface area contributed by atoms with Gasteiger partial charge in [-0.15, -0.1) is 0 Å². The van der Waals surface area contributed by atoms with E-state index in [2.05, 4.69) is 0 Å². The first kappa shape index (κ1) is 9.00. The SMILES string of the molecule is [O-]N1CCc2c(OCC3CO3)cccc21. The van der Waals surface area contributed by atoms with Gasteiger partial charge in [0.25, 0.3) is 0 Å².